The molecule has 11 rings (SSSR count). The molecule has 1 aromatic heterocycles. The maximum atomic E-state index is 11.4. The standard InChI is InChI=1S/C61H39NS/c62-40-59-57(52-34-47(41-17-5-1-6-18-41)32-48(35-52)42-19-7-2-8-20-42)38-51(45-25-15-26-46(31-45)54-28-16-29-56-55-27-13-14-30-60(55)63-61(54)56)39-58(59)53-36-49(43-21-9-3-10-22-43)33-50(37-53)44-23-11-4-12-24-44/h1-39H. The van der Waals surface area contributed by atoms with Crippen LogP contribution < -0.4 is 0 Å². The predicted octanol–water partition coefficient (Wildman–Crippen LogP) is 17.3. The molecule has 0 fully saturated rings. The van der Waals surface area contributed by atoms with Crippen molar-refractivity contribution in [1.82, 2.24) is 0 Å². The molecule has 0 unspecified atom stereocenters. The van der Waals surface area contributed by atoms with Crippen LogP contribution >= 0.6 is 11.3 Å². The van der Waals surface area contributed by atoms with Crippen LogP contribution in [0, 0.1) is 11.3 Å². The van der Waals surface area contributed by atoms with Crippen LogP contribution in [-0.4, -0.2) is 0 Å². The summed E-state index contributed by atoms with van der Waals surface area (Å²) in [6.07, 6.45) is 0. The molecule has 294 valence electrons. The highest BCUT2D eigenvalue weighted by Gasteiger charge is 2.20. The Balaban J connectivity index is 1.18. The third-order valence-electron chi connectivity index (χ3n) is 12.1. The fourth-order valence-corrected chi connectivity index (χ4v) is 10.2. The molecule has 1 heterocycles. The predicted molar refractivity (Wildman–Crippen MR) is 268 cm³/mol. The van der Waals surface area contributed by atoms with Gasteiger partial charge < -0.3 is 0 Å². The lowest BCUT2D eigenvalue weighted by molar-refractivity contribution is 1.46. The van der Waals surface area contributed by atoms with E-state index in [0.717, 1.165) is 83.5 Å². The first-order valence-corrected chi connectivity index (χ1v) is 22.1. The Morgan fingerprint density at radius 3 is 1.13 bits per heavy atom. The van der Waals surface area contributed by atoms with E-state index >= 15 is 0 Å². The summed E-state index contributed by atoms with van der Waals surface area (Å²) in [5, 5.41) is 14.0. The maximum absolute atomic E-state index is 11.4. The van der Waals surface area contributed by atoms with Crippen molar-refractivity contribution in [3.63, 3.8) is 0 Å². The molecule has 0 aliphatic heterocycles. The molecule has 0 amide bonds. The molecule has 63 heavy (non-hydrogen) atoms. The molecule has 0 bridgehead atoms. The molecular weight excluding hydrogens is 779 g/mol. The summed E-state index contributed by atoms with van der Waals surface area (Å²) in [7, 11) is 0. The molecule has 2 heteroatoms. The van der Waals surface area contributed by atoms with Crippen molar-refractivity contribution in [1.29, 1.82) is 5.26 Å². The summed E-state index contributed by atoms with van der Waals surface area (Å²) in [6.45, 7) is 0. The van der Waals surface area contributed by atoms with E-state index < -0.39 is 0 Å². The van der Waals surface area contributed by atoms with Crippen molar-refractivity contribution < 1.29 is 0 Å². The quantitative estimate of drug-likeness (QED) is 0.150. The Labute approximate surface area is 372 Å². The fraction of sp³-hybridized carbons (Fsp3) is 0. The van der Waals surface area contributed by atoms with Gasteiger partial charge in [-0.15, -0.1) is 11.3 Å². The molecule has 0 saturated carbocycles. The lowest BCUT2D eigenvalue weighted by atomic mass is 9.84. The van der Waals surface area contributed by atoms with Crippen LogP contribution in [0.15, 0.2) is 237 Å². The minimum absolute atomic E-state index is 0.637. The van der Waals surface area contributed by atoms with E-state index in [2.05, 4.69) is 243 Å². The van der Waals surface area contributed by atoms with E-state index in [9.17, 15) is 5.26 Å². The minimum Gasteiger partial charge on any atom is -0.192 e. The number of fused-ring (bicyclic) bond motifs is 3. The van der Waals surface area contributed by atoms with Crippen molar-refractivity contribution in [2.24, 2.45) is 0 Å². The van der Waals surface area contributed by atoms with Crippen LogP contribution in [0.5, 0.6) is 0 Å². The van der Waals surface area contributed by atoms with Crippen LogP contribution in [0.25, 0.3) is 109 Å². The molecule has 0 aliphatic carbocycles. The highest BCUT2D eigenvalue weighted by Crippen LogP contribution is 2.44. The van der Waals surface area contributed by atoms with Crippen LogP contribution in [0.1, 0.15) is 5.56 Å². The fourth-order valence-electron chi connectivity index (χ4n) is 8.98. The third kappa shape index (κ3) is 7.32. The first kappa shape index (κ1) is 37.9. The zero-order valence-corrected chi connectivity index (χ0v) is 35.2. The second-order valence-electron chi connectivity index (χ2n) is 16.0. The smallest absolute Gasteiger partial charge is 0.100 e. The number of hydrogen-bond donors (Lipinski definition) is 0. The van der Waals surface area contributed by atoms with Gasteiger partial charge in [-0.2, -0.15) is 5.26 Å². The summed E-state index contributed by atoms with van der Waals surface area (Å²) in [6, 6.07) is 87.1. The maximum Gasteiger partial charge on any atom is 0.100 e. The van der Waals surface area contributed by atoms with Gasteiger partial charge in [0.1, 0.15) is 6.07 Å². The van der Waals surface area contributed by atoms with E-state index in [4.69, 9.17) is 0 Å². The topological polar surface area (TPSA) is 23.8 Å². The van der Waals surface area contributed by atoms with Crippen LogP contribution in [-0.2, 0) is 0 Å². The van der Waals surface area contributed by atoms with Gasteiger partial charge in [-0.3, -0.25) is 0 Å². The number of hydrogen-bond acceptors (Lipinski definition) is 2. The Kier molecular flexibility index (Phi) is 9.86. The molecule has 11 aromatic rings. The van der Waals surface area contributed by atoms with Crippen LogP contribution in [0.4, 0.5) is 0 Å². The molecule has 0 N–H and O–H groups in total. The van der Waals surface area contributed by atoms with Crippen LogP contribution in [0.3, 0.4) is 0 Å². The number of thiophene rings is 1. The summed E-state index contributed by atoms with van der Waals surface area (Å²) in [5.74, 6) is 0. The van der Waals surface area contributed by atoms with E-state index in [-0.39, 0.29) is 0 Å². The summed E-state index contributed by atoms with van der Waals surface area (Å²) in [4.78, 5) is 0. The zero-order chi connectivity index (χ0) is 42.1. The lowest BCUT2D eigenvalue weighted by Gasteiger charge is -2.18. The summed E-state index contributed by atoms with van der Waals surface area (Å²) < 4.78 is 2.58. The van der Waals surface area contributed by atoms with Gasteiger partial charge in [0.15, 0.2) is 0 Å². The monoisotopic (exact) mass is 817 g/mol. The van der Waals surface area contributed by atoms with Gasteiger partial charge in [0.25, 0.3) is 0 Å². The summed E-state index contributed by atoms with van der Waals surface area (Å²) >= 11 is 1.85. The average Bonchev–Trinajstić information content (AvgIpc) is 3.76. The molecule has 0 radical (unpaired) electrons. The normalized spacial score (nSPS) is 11.2. The molecular formula is C61H39NS. The highest BCUT2D eigenvalue weighted by atomic mass is 32.1. The number of nitrogens with zero attached hydrogens (tertiary/aromatic N) is 1. The van der Waals surface area contributed by atoms with E-state index in [0.29, 0.717) is 5.56 Å². The number of rotatable bonds is 8. The summed E-state index contributed by atoms with van der Waals surface area (Å²) in [5.41, 5.74) is 17.8. The SMILES string of the molecule is N#Cc1c(-c2cc(-c3ccccc3)cc(-c3ccccc3)c2)cc(-c2cccc(-c3cccc4c3sc3ccccc34)c2)cc1-c1cc(-c2ccccc2)cc(-c2ccccc2)c1. The molecule has 0 atom stereocenters. The zero-order valence-electron chi connectivity index (χ0n) is 34.4. The molecule has 0 spiro atoms. The van der Waals surface area contributed by atoms with Gasteiger partial charge >= 0.3 is 0 Å². The van der Waals surface area contributed by atoms with Gasteiger partial charge in [-0.25, -0.2) is 0 Å². The van der Waals surface area contributed by atoms with Gasteiger partial charge in [-0.05, 0) is 139 Å². The molecule has 10 aromatic carbocycles. The first-order valence-electron chi connectivity index (χ1n) is 21.3. The first-order chi connectivity index (χ1) is 31.2. The van der Waals surface area contributed by atoms with Gasteiger partial charge in [0.05, 0.1) is 5.56 Å². The Morgan fingerprint density at radius 1 is 0.270 bits per heavy atom. The van der Waals surface area contributed by atoms with E-state index in [1.807, 2.05) is 11.3 Å². The highest BCUT2D eigenvalue weighted by molar-refractivity contribution is 7.26. The Morgan fingerprint density at radius 2 is 0.635 bits per heavy atom. The second-order valence-corrected chi connectivity index (χ2v) is 17.0. The van der Waals surface area contributed by atoms with Crippen molar-refractivity contribution in [2.45, 2.75) is 0 Å². The van der Waals surface area contributed by atoms with E-state index in [1.54, 1.807) is 0 Å². The van der Waals surface area contributed by atoms with Crippen molar-refractivity contribution in [2.75, 3.05) is 0 Å². The van der Waals surface area contributed by atoms with Crippen LogP contribution in [0.2, 0.25) is 0 Å². The molecule has 0 aliphatic rings. The van der Waals surface area contributed by atoms with E-state index in [1.165, 1.54) is 25.7 Å². The molecule has 1 nitrogen and oxygen atoms in total. The lowest BCUT2D eigenvalue weighted by Crippen LogP contribution is -1.95. The minimum atomic E-state index is 0.637. The van der Waals surface area contributed by atoms with Crippen molar-refractivity contribution >= 4 is 31.5 Å². The van der Waals surface area contributed by atoms with Crippen molar-refractivity contribution in [3.05, 3.63) is 242 Å². The van der Waals surface area contributed by atoms with Gasteiger partial charge in [0, 0.05) is 31.3 Å². The average molecular weight is 818 g/mol. The number of benzene rings is 10. The largest absolute Gasteiger partial charge is 0.192 e. The Hall–Kier alpha value is -8.09. The number of nitriles is 1. The second kappa shape index (κ2) is 16.4. The molecule has 0 saturated heterocycles. The third-order valence-corrected chi connectivity index (χ3v) is 13.3. The van der Waals surface area contributed by atoms with Crippen molar-refractivity contribution in [3.8, 4) is 95.1 Å². The van der Waals surface area contributed by atoms with Gasteiger partial charge in [-0.1, -0.05) is 176 Å². The van der Waals surface area contributed by atoms with Gasteiger partial charge in [0.2, 0.25) is 0 Å². The Bertz CT molecular complexity index is 3230.